The molecule has 0 bridgehead atoms. The lowest BCUT2D eigenvalue weighted by atomic mass is 9.98. The molecule has 1 aliphatic carbocycles. The molecule has 0 amide bonds. The number of ether oxygens (including phenoxy) is 2. The summed E-state index contributed by atoms with van der Waals surface area (Å²) in [6.45, 7) is 9.07. The Morgan fingerprint density at radius 1 is 1.35 bits per heavy atom. The van der Waals surface area contributed by atoms with Crippen molar-refractivity contribution < 1.29 is 27.9 Å². The fourth-order valence-electron chi connectivity index (χ4n) is 3.18. The Hall–Kier alpha value is -2.07. The third-order valence-corrected chi connectivity index (χ3v) is 6.72. The standard InChI is InChI=1S/C19H29N5O6P/c1-17(2,3)15(25)28-11-30-31(26,27-6)12-29-19(8-18(19,4)5)9-24-10-22-13-7-21-16(20)23-14(13)24/h7,10H,6,8-9,11-12H2,1-5H3,(H2,20,21,23). The first-order chi connectivity index (χ1) is 14.3. The second kappa shape index (κ2) is 8.12. The number of fused-ring (bicyclic) bond motifs is 1. The number of imidazole rings is 1. The highest BCUT2D eigenvalue weighted by atomic mass is 31.2. The molecule has 2 aromatic rings. The fraction of sp³-hybridized carbons (Fsp3) is 0.632. The van der Waals surface area contributed by atoms with Crippen molar-refractivity contribution in [3.05, 3.63) is 19.6 Å². The first kappa shape index (κ1) is 23.6. The van der Waals surface area contributed by atoms with Crippen molar-refractivity contribution in [1.29, 1.82) is 0 Å². The van der Waals surface area contributed by atoms with Gasteiger partial charge in [0.15, 0.2) is 5.65 Å². The Morgan fingerprint density at radius 3 is 2.61 bits per heavy atom. The van der Waals surface area contributed by atoms with Gasteiger partial charge in [0.2, 0.25) is 12.7 Å². The Labute approximate surface area is 181 Å². The van der Waals surface area contributed by atoms with E-state index >= 15 is 0 Å². The number of carbonyl (C=O) groups excluding carboxylic acids is 1. The summed E-state index contributed by atoms with van der Waals surface area (Å²) in [4.78, 5) is 24.3. The predicted molar refractivity (Wildman–Crippen MR) is 112 cm³/mol. The van der Waals surface area contributed by atoms with Crippen molar-refractivity contribution in [3.63, 3.8) is 0 Å². The fourth-order valence-corrected chi connectivity index (χ4v) is 4.02. The van der Waals surface area contributed by atoms with Gasteiger partial charge in [-0.15, -0.1) is 0 Å². The average Bonchev–Trinajstić information content (AvgIpc) is 3.01. The highest BCUT2D eigenvalue weighted by Crippen LogP contribution is 2.61. The molecule has 1 aliphatic rings. The van der Waals surface area contributed by atoms with Crippen molar-refractivity contribution in [1.82, 2.24) is 19.5 Å². The molecule has 2 N–H and O–H groups in total. The van der Waals surface area contributed by atoms with Crippen molar-refractivity contribution in [2.45, 2.75) is 53.2 Å². The van der Waals surface area contributed by atoms with Gasteiger partial charge in [-0.3, -0.25) is 13.9 Å². The van der Waals surface area contributed by atoms with Crippen LogP contribution < -0.4 is 5.73 Å². The second-order valence-corrected chi connectivity index (χ2v) is 11.3. The van der Waals surface area contributed by atoms with E-state index in [-0.39, 0.29) is 17.7 Å². The summed E-state index contributed by atoms with van der Waals surface area (Å²) in [6.07, 6.45) is 3.54. The van der Waals surface area contributed by atoms with E-state index in [0.29, 0.717) is 24.1 Å². The van der Waals surface area contributed by atoms with Gasteiger partial charge in [0, 0.05) is 0 Å². The third kappa shape index (κ3) is 5.06. The maximum absolute atomic E-state index is 12.9. The summed E-state index contributed by atoms with van der Waals surface area (Å²) in [5, 5.41) is 0. The van der Waals surface area contributed by atoms with Gasteiger partial charge in [0.1, 0.15) is 11.9 Å². The lowest BCUT2D eigenvalue weighted by molar-refractivity contribution is -0.160. The van der Waals surface area contributed by atoms with Gasteiger partial charge >= 0.3 is 13.6 Å². The quantitative estimate of drug-likeness (QED) is 0.341. The molecule has 1 radical (unpaired) electrons. The van der Waals surface area contributed by atoms with Crippen LogP contribution in [0.5, 0.6) is 0 Å². The molecule has 2 atom stereocenters. The van der Waals surface area contributed by atoms with Crippen LogP contribution in [0.2, 0.25) is 0 Å². The van der Waals surface area contributed by atoms with E-state index in [9.17, 15) is 9.36 Å². The number of hydrogen-bond donors (Lipinski definition) is 1. The number of nitrogen functional groups attached to an aromatic ring is 1. The number of hydrogen-bond acceptors (Lipinski definition) is 10. The lowest BCUT2D eigenvalue weighted by Crippen LogP contribution is -2.28. The van der Waals surface area contributed by atoms with Gasteiger partial charge in [-0.25, -0.2) is 9.97 Å². The van der Waals surface area contributed by atoms with Crippen LogP contribution in [-0.2, 0) is 34.4 Å². The molecule has 0 spiro atoms. The van der Waals surface area contributed by atoms with Crippen LogP contribution in [0.3, 0.4) is 0 Å². The summed E-state index contributed by atoms with van der Waals surface area (Å²) in [6, 6.07) is 0. The molecule has 1 fully saturated rings. The Balaban J connectivity index is 1.67. The van der Waals surface area contributed by atoms with E-state index in [2.05, 4.69) is 22.1 Å². The molecular weight excluding hydrogens is 425 g/mol. The highest BCUT2D eigenvalue weighted by Gasteiger charge is 2.63. The normalized spacial score (nSPS) is 22.3. The smallest absolute Gasteiger partial charge is 0.359 e. The number of esters is 1. The molecule has 31 heavy (non-hydrogen) atoms. The van der Waals surface area contributed by atoms with Crippen molar-refractivity contribution in [3.8, 4) is 0 Å². The highest BCUT2D eigenvalue weighted by molar-refractivity contribution is 7.53. The minimum absolute atomic E-state index is 0.146. The monoisotopic (exact) mass is 454 g/mol. The zero-order chi connectivity index (χ0) is 23.1. The molecule has 2 heterocycles. The molecule has 0 aliphatic heterocycles. The number of nitrogens with zero attached hydrogens (tertiary/aromatic N) is 4. The van der Waals surface area contributed by atoms with Gasteiger partial charge in [0.25, 0.3) is 0 Å². The summed E-state index contributed by atoms with van der Waals surface area (Å²) < 4.78 is 35.8. The van der Waals surface area contributed by atoms with E-state index in [0.717, 1.165) is 0 Å². The number of rotatable bonds is 9. The van der Waals surface area contributed by atoms with Crippen LogP contribution in [0.1, 0.15) is 41.0 Å². The number of carbonyl (C=O) groups is 1. The van der Waals surface area contributed by atoms with Crippen molar-refractivity contribution in [2.75, 3.05) is 18.9 Å². The molecule has 11 nitrogen and oxygen atoms in total. The molecule has 3 rings (SSSR count). The van der Waals surface area contributed by atoms with E-state index in [4.69, 9.17) is 24.3 Å². The first-order valence-corrected chi connectivity index (χ1v) is 11.5. The van der Waals surface area contributed by atoms with Crippen LogP contribution in [0, 0.1) is 17.9 Å². The maximum atomic E-state index is 12.9. The van der Waals surface area contributed by atoms with E-state index in [1.54, 1.807) is 33.3 Å². The molecule has 2 aromatic heterocycles. The SMILES string of the molecule is [CH2]OP(=O)(COC1(Cn2cnc3cnc(N)nc32)CC1(C)C)OCOC(=O)C(C)(C)C. The number of aromatic nitrogens is 4. The maximum Gasteiger partial charge on any atom is 0.359 e. The van der Waals surface area contributed by atoms with Crippen LogP contribution in [0.25, 0.3) is 11.2 Å². The van der Waals surface area contributed by atoms with Crippen LogP contribution in [0.15, 0.2) is 12.5 Å². The molecule has 0 saturated heterocycles. The van der Waals surface area contributed by atoms with E-state index in [1.807, 2.05) is 18.4 Å². The Kier molecular flexibility index (Phi) is 6.18. The Morgan fingerprint density at radius 2 is 2.03 bits per heavy atom. The zero-order valence-electron chi connectivity index (χ0n) is 18.5. The third-order valence-electron chi connectivity index (χ3n) is 5.39. The van der Waals surface area contributed by atoms with Gasteiger partial charge in [-0.1, -0.05) is 13.8 Å². The molecular formula is C19H29N5O6P. The second-order valence-electron chi connectivity index (χ2n) is 9.31. The summed E-state index contributed by atoms with van der Waals surface area (Å²) in [5.74, 6) is -0.343. The van der Waals surface area contributed by atoms with Gasteiger partial charge in [0.05, 0.1) is 37.2 Å². The molecule has 1 saturated carbocycles. The minimum atomic E-state index is -3.75. The largest absolute Gasteiger partial charge is 0.438 e. The number of anilines is 1. The summed E-state index contributed by atoms with van der Waals surface area (Å²) >= 11 is 0. The molecule has 2 unspecified atom stereocenters. The first-order valence-electron chi connectivity index (χ1n) is 9.73. The molecule has 171 valence electrons. The molecule has 0 aromatic carbocycles. The van der Waals surface area contributed by atoms with Crippen molar-refractivity contribution >= 4 is 30.7 Å². The average molecular weight is 454 g/mol. The lowest BCUT2D eigenvalue weighted by Gasteiger charge is -2.25. The molecule has 12 heteroatoms. The van der Waals surface area contributed by atoms with Crippen LogP contribution in [0.4, 0.5) is 5.95 Å². The topological polar surface area (TPSA) is 141 Å². The summed E-state index contributed by atoms with van der Waals surface area (Å²) in [7, 11) is -0.515. The minimum Gasteiger partial charge on any atom is -0.438 e. The summed E-state index contributed by atoms with van der Waals surface area (Å²) in [5.41, 5.74) is 5.33. The number of nitrogens with two attached hydrogens (primary N) is 1. The zero-order valence-corrected chi connectivity index (χ0v) is 19.3. The van der Waals surface area contributed by atoms with Crippen LogP contribution in [-0.4, -0.2) is 44.2 Å². The Bertz CT molecular complexity index is 1020. The van der Waals surface area contributed by atoms with Gasteiger partial charge in [-0.05, 0) is 32.6 Å². The van der Waals surface area contributed by atoms with Gasteiger partial charge < -0.3 is 24.3 Å². The van der Waals surface area contributed by atoms with Gasteiger partial charge in [-0.2, -0.15) is 4.98 Å². The van der Waals surface area contributed by atoms with Crippen molar-refractivity contribution in [2.24, 2.45) is 10.8 Å². The van der Waals surface area contributed by atoms with E-state index in [1.165, 1.54) is 0 Å². The van der Waals surface area contributed by atoms with Crippen LogP contribution >= 0.6 is 7.60 Å². The predicted octanol–water partition coefficient (Wildman–Crippen LogP) is 3.12. The van der Waals surface area contributed by atoms with E-state index < -0.39 is 31.4 Å².